The van der Waals surface area contributed by atoms with Crippen molar-refractivity contribution in [2.24, 2.45) is 12.9 Å². The molecule has 0 fully saturated rings. The minimum Gasteiger partial charge on any atom is -0.459 e. The van der Waals surface area contributed by atoms with Gasteiger partial charge in [-0.05, 0) is 36.8 Å². The van der Waals surface area contributed by atoms with Crippen LogP contribution in [0.3, 0.4) is 0 Å². The van der Waals surface area contributed by atoms with Crippen molar-refractivity contribution in [3.8, 4) is 0 Å². The first kappa shape index (κ1) is 14.1. The lowest BCUT2D eigenvalue weighted by atomic mass is 10.1. The molecule has 0 radical (unpaired) electrons. The number of nitrogens with one attached hydrogen (secondary N) is 1. The Balaban J connectivity index is 2.06. The SMILES string of the molecule is CCc1cc(C(NN)c2cc3cc(Cl)ccc3o2)n(C)n1. The molecule has 3 N–H and O–H groups in total. The lowest BCUT2D eigenvalue weighted by molar-refractivity contribution is 0.458. The average molecular weight is 305 g/mol. The van der Waals surface area contributed by atoms with E-state index in [9.17, 15) is 0 Å². The first-order valence-corrected chi connectivity index (χ1v) is 7.18. The van der Waals surface area contributed by atoms with Gasteiger partial charge in [-0.2, -0.15) is 5.10 Å². The zero-order valence-electron chi connectivity index (χ0n) is 11.9. The highest BCUT2D eigenvalue weighted by Gasteiger charge is 2.21. The van der Waals surface area contributed by atoms with Crippen LogP contribution in [0.5, 0.6) is 0 Å². The summed E-state index contributed by atoms with van der Waals surface area (Å²) in [5.41, 5.74) is 5.56. The van der Waals surface area contributed by atoms with Crippen LogP contribution in [0.1, 0.15) is 30.1 Å². The van der Waals surface area contributed by atoms with Crippen molar-refractivity contribution in [1.29, 1.82) is 0 Å². The predicted molar refractivity (Wildman–Crippen MR) is 83.0 cm³/mol. The molecule has 110 valence electrons. The lowest BCUT2D eigenvalue weighted by Crippen LogP contribution is -2.30. The van der Waals surface area contributed by atoms with E-state index in [1.807, 2.05) is 36.0 Å². The monoisotopic (exact) mass is 304 g/mol. The van der Waals surface area contributed by atoms with E-state index >= 15 is 0 Å². The molecule has 0 spiro atoms. The quantitative estimate of drug-likeness (QED) is 0.574. The summed E-state index contributed by atoms with van der Waals surface area (Å²) in [4.78, 5) is 0. The number of hydrogen-bond donors (Lipinski definition) is 2. The molecule has 1 aromatic carbocycles. The molecule has 0 bridgehead atoms. The number of hydrazine groups is 1. The Kier molecular flexibility index (Phi) is 3.71. The maximum atomic E-state index is 6.01. The molecular weight excluding hydrogens is 288 g/mol. The van der Waals surface area contributed by atoms with Gasteiger partial charge in [-0.3, -0.25) is 10.5 Å². The highest BCUT2D eigenvalue weighted by atomic mass is 35.5. The number of fused-ring (bicyclic) bond motifs is 1. The van der Waals surface area contributed by atoms with Crippen molar-refractivity contribution >= 4 is 22.6 Å². The van der Waals surface area contributed by atoms with Crippen LogP contribution in [0, 0.1) is 0 Å². The molecule has 1 unspecified atom stereocenters. The van der Waals surface area contributed by atoms with E-state index in [1.165, 1.54) is 0 Å². The van der Waals surface area contributed by atoms with E-state index in [0.717, 1.165) is 34.5 Å². The third kappa shape index (κ3) is 2.55. The molecule has 0 saturated heterocycles. The van der Waals surface area contributed by atoms with E-state index in [-0.39, 0.29) is 6.04 Å². The van der Waals surface area contributed by atoms with Crippen molar-refractivity contribution in [1.82, 2.24) is 15.2 Å². The smallest absolute Gasteiger partial charge is 0.134 e. The van der Waals surface area contributed by atoms with E-state index < -0.39 is 0 Å². The lowest BCUT2D eigenvalue weighted by Gasteiger charge is -2.13. The van der Waals surface area contributed by atoms with Crippen LogP contribution >= 0.6 is 11.6 Å². The molecular formula is C15H17ClN4O. The van der Waals surface area contributed by atoms with Crippen LogP contribution in [0.25, 0.3) is 11.0 Å². The minimum atomic E-state index is -0.256. The zero-order chi connectivity index (χ0) is 15.0. The molecule has 0 amide bonds. The number of nitrogens with two attached hydrogens (primary N) is 1. The first-order valence-electron chi connectivity index (χ1n) is 6.80. The summed E-state index contributed by atoms with van der Waals surface area (Å²) in [5.74, 6) is 6.47. The fourth-order valence-electron chi connectivity index (χ4n) is 2.48. The molecule has 3 rings (SSSR count). The zero-order valence-corrected chi connectivity index (χ0v) is 12.7. The molecule has 21 heavy (non-hydrogen) atoms. The molecule has 2 heterocycles. The summed E-state index contributed by atoms with van der Waals surface area (Å²) in [5, 5.41) is 6.09. The van der Waals surface area contributed by atoms with Gasteiger partial charge in [-0.1, -0.05) is 18.5 Å². The van der Waals surface area contributed by atoms with Crippen molar-refractivity contribution in [3.63, 3.8) is 0 Å². The number of nitrogens with zero attached hydrogens (tertiary/aromatic N) is 2. The van der Waals surface area contributed by atoms with Crippen molar-refractivity contribution in [2.45, 2.75) is 19.4 Å². The van der Waals surface area contributed by atoms with Gasteiger partial charge in [0.05, 0.1) is 11.4 Å². The van der Waals surface area contributed by atoms with Gasteiger partial charge in [0, 0.05) is 17.5 Å². The summed E-state index contributed by atoms with van der Waals surface area (Å²) in [6.45, 7) is 2.07. The Morgan fingerprint density at radius 1 is 1.38 bits per heavy atom. The average Bonchev–Trinajstić information content (AvgIpc) is 3.03. The van der Waals surface area contributed by atoms with Crippen LogP contribution in [0.15, 0.2) is 34.7 Å². The van der Waals surface area contributed by atoms with Crippen LogP contribution in [0.2, 0.25) is 5.02 Å². The number of rotatable bonds is 4. The summed E-state index contributed by atoms with van der Waals surface area (Å²) >= 11 is 6.01. The van der Waals surface area contributed by atoms with Gasteiger partial charge in [0.15, 0.2) is 0 Å². The van der Waals surface area contributed by atoms with Gasteiger partial charge >= 0.3 is 0 Å². The molecule has 0 saturated carbocycles. The van der Waals surface area contributed by atoms with Crippen LogP contribution in [-0.4, -0.2) is 9.78 Å². The number of aryl methyl sites for hydroxylation is 2. The normalized spacial score (nSPS) is 13.0. The van der Waals surface area contributed by atoms with E-state index in [0.29, 0.717) is 5.02 Å². The third-order valence-corrected chi connectivity index (χ3v) is 3.81. The van der Waals surface area contributed by atoms with E-state index in [2.05, 4.69) is 17.4 Å². The number of hydrogen-bond acceptors (Lipinski definition) is 4. The summed E-state index contributed by atoms with van der Waals surface area (Å²) in [6, 6.07) is 9.26. The van der Waals surface area contributed by atoms with Crippen molar-refractivity contribution in [3.05, 3.63) is 52.5 Å². The molecule has 1 atom stereocenters. The first-order chi connectivity index (χ1) is 10.1. The van der Waals surface area contributed by atoms with Gasteiger partial charge in [-0.15, -0.1) is 0 Å². The van der Waals surface area contributed by atoms with Gasteiger partial charge in [0.1, 0.15) is 17.4 Å². The third-order valence-electron chi connectivity index (χ3n) is 3.57. The summed E-state index contributed by atoms with van der Waals surface area (Å²) < 4.78 is 7.71. The fraction of sp³-hybridized carbons (Fsp3) is 0.267. The van der Waals surface area contributed by atoms with Crippen LogP contribution < -0.4 is 11.3 Å². The number of benzene rings is 1. The summed E-state index contributed by atoms with van der Waals surface area (Å²) in [7, 11) is 1.90. The largest absolute Gasteiger partial charge is 0.459 e. The minimum absolute atomic E-state index is 0.256. The number of furan rings is 1. The van der Waals surface area contributed by atoms with Crippen LogP contribution in [0.4, 0.5) is 0 Å². The van der Waals surface area contributed by atoms with Crippen molar-refractivity contribution in [2.75, 3.05) is 0 Å². The molecule has 0 aliphatic heterocycles. The second-order valence-corrected chi connectivity index (χ2v) is 5.40. The van der Waals surface area contributed by atoms with Gasteiger partial charge in [0.2, 0.25) is 0 Å². The number of halogens is 1. The fourth-order valence-corrected chi connectivity index (χ4v) is 2.66. The van der Waals surface area contributed by atoms with Gasteiger partial charge < -0.3 is 4.42 Å². The second-order valence-electron chi connectivity index (χ2n) is 4.97. The van der Waals surface area contributed by atoms with Crippen LogP contribution in [-0.2, 0) is 13.5 Å². The molecule has 0 aliphatic rings. The topological polar surface area (TPSA) is 69.0 Å². The Morgan fingerprint density at radius 3 is 2.86 bits per heavy atom. The highest BCUT2D eigenvalue weighted by Crippen LogP contribution is 2.29. The van der Waals surface area contributed by atoms with Gasteiger partial charge in [-0.25, -0.2) is 5.43 Å². The second kappa shape index (κ2) is 5.52. The Hall–Kier alpha value is -1.82. The molecule has 5 nitrogen and oxygen atoms in total. The maximum Gasteiger partial charge on any atom is 0.134 e. The molecule has 6 heteroatoms. The molecule has 3 aromatic rings. The number of aromatic nitrogens is 2. The Labute approximate surface area is 127 Å². The maximum absolute atomic E-state index is 6.01. The molecule has 2 aromatic heterocycles. The summed E-state index contributed by atoms with van der Waals surface area (Å²) in [6.07, 6.45) is 0.876. The predicted octanol–water partition coefficient (Wildman–Crippen LogP) is 2.93. The standard InChI is InChI=1S/C15H17ClN4O/c1-3-11-8-12(20(2)19-11)15(18-17)14-7-9-6-10(16)4-5-13(9)21-14/h4-8,15,18H,3,17H2,1-2H3. The van der Waals surface area contributed by atoms with Crippen molar-refractivity contribution < 1.29 is 4.42 Å². The highest BCUT2D eigenvalue weighted by molar-refractivity contribution is 6.31. The van der Waals surface area contributed by atoms with E-state index in [4.69, 9.17) is 21.9 Å². The van der Waals surface area contributed by atoms with Gasteiger partial charge in [0.25, 0.3) is 0 Å². The molecule has 0 aliphatic carbocycles. The van der Waals surface area contributed by atoms with E-state index in [1.54, 1.807) is 6.07 Å². The Morgan fingerprint density at radius 2 is 2.19 bits per heavy atom. The Bertz CT molecular complexity index is 777.